The number of hydrogen-bond donors (Lipinski definition) is 1. The molecule has 0 spiro atoms. The summed E-state index contributed by atoms with van der Waals surface area (Å²) in [7, 11) is 1.63. The van der Waals surface area contributed by atoms with E-state index in [1.54, 1.807) is 45.2 Å². The molecule has 1 aromatic carbocycles. The Bertz CT molecular complexity index is 472. The van der Waals surface area contributed by atoms with Crippen LogP contribution in [0, 0.1) is 0 Å². The van der Waals surface area contributed by atoms with Gasteiger partial charge in [-0.3, -0.25) is 4.79 Å². The van der Waals surface area contributed by atoms with E-state index in [2.05, 4.69) is 0 Å². The van der Waals surface area contributed by atoms with Gasteiger partial charge in [0.1, 0.15) is 0 Å². The molecular formula is C14H17Cl2NO2. The topological polar surface area (TPSA) is 40.5 Å². The smallest absolute Gasteiger partial charge is 0.246 e. The zero-order chi connectivity index (χ0) is 14.6. The standard InChI is InChI=1S/C14H17Cl2NO2/c1-14(2,19)9-17(3)13(18)5-4-10-6-11(15)8-12(16)7-10/h4-8,19H,9H2,1-3H3. The van der Waals surface area contributed by atoms with Gasteiger partial charge in [-0.05, 0) is 43.7 Å². The largest absolute Gasteiger partial charge is 0.389 e. The van der Waals surface area contributed by atoms with Crippen LogP contribution in [0.2, 0.25) is 10.0 Å². The van der Waals surface area contributed by atoms with Crippen molar-refractivity contribution in [2.45, 2.75) is 19.4 Å². The van der Waals surface area contributed by atoms with Crippen LogP contribution in [-0.2, 0) is 4.79 Å². The first-order valence-corrected chi connectivity index (χ1v) is 6.54. The maximum absolute atomic E-state index is 11.8. The van der Waals surface area contributed by atoms with Crippen molar-refractivity contribution in [3.8, 4) is 0 Å². The maximum atomic E-state index is 11.8. The minimum atomic E-state index is -0.919. The van der Waals surface area contributed by atoms with E-state index in [4.69, 9.17) is 23.2 Å². The summed E-state index contributed by atoms with van der Waals surface area (Å²) in [5.41, 5.74) is -0.167. The summed E-state index contributed by atoms with van der Waals surface area (Å²) in [6, 6.07) is 5.06. The third-order valence-corrected chi connectivity index (χ3v) is 2.74. The lowest BCUT2D eigenvalue weighted by Crippen LogP contribution is -2.38. The van der Waals surface area contributed by atoms with Crippen LogP contribution in [0.4, 0.5) is 0 Å². The molecule has 0 radical (unpaired) electrons. The van der Waals surface area contributed by atoms with E-state index in [0.29, 0.717) is 10.0 Å². The third-order valence-electron chi connectivity index (χ3n) is 2.30. The van der Waals surface area contributed by atoms with Crippen LogP contribution in [-0.4, -0.2) is 35.1 Å². The first-order chi connectivity index (χ1) is 8.67. The van der Waals surface area contributed by atoms with Gasteiger partial charge < -0.3 is 10.0 Å². The Morgan fingerprint density at radius 1 is 1.32 bits per heavy atom. The number of benzene rings is 1. The van der Waals surface area contributed by atoms with Gasteiger partial charge >= 0.3 is 0 Å². The molecule has 0 atom stereocenters. The molecule has 0 aliphatic rings. The number of halogens is 2. The molecule has 0 aliphatic carbocycles. The second-order valence-corrected chi connectivity index (χ2v) is 5.92. The normalized spacial score (nSPS) is 11.9. The molecule has 1 aromatic rings. The molecule has 0 saturated heterocycles. The highest BCUT2D eigenvalue weighted by Gasteiger charge is 2.17. The molecular weight excluding hydrogens is 285 g/mol. The van der Waals surface area contributed by atoms with Crippen molar-refractivity contribution in [2.75, 3.05) is 13.6 Å². The second-order valence-electron chi connectivity index (χ2n) is 5.04. The quantitative estimate of drug-likeness (QED) is 0.867. The summed E-state index contributed by atoms with van der Waals surface area (Å²) in [5, 5.41) is 10.7. The van der Waals surface area contributed by atoms with Crippen LogP contribution in [0.3, 0.4) is 0 Å². The lowest BCUT2D eigenvalue weighted by Gasteiger charge is -2.24. The van der Waals surface area contributed by atoms with Crippen molar-refractivity contribution < 1.29 is 9.90 Å². The van der Waals surface area contributed by atoms with Crippen LogP contribution in [0.25, 0.3) is 6.08 Å². The van der Waals surface area contributed by atoms with E-state index in [0.717, 1.165) is 5.56 Å². The molecule has 0 heterocycles. The summed E-state index contributed by atoms with van der Waals surface area (Å²) < 4.78 is 0. The van der Waals surface area contributed by atoms with Crippen LogP contribution < -0.4 is 0 Å². The highest BCUT2D eigenvalue weighted by Crippen LogP contribution is 2.19. The minimum absolute atomic E-state index is 0.196. The molecule has 0 bridgehead atoms. The lowest BCUT2D eigenvalue weighted by atomic mass is 10.1. The summed E-state index contributed by atoms with van der Waals surface area (Å²) in [4.78, 5) is 13.3. The molecule has 19 heavy (non-hydrogen) atoms. The van der Waals surface area contributed by atoms with Crippen molar-refractivity contribution in [2.24, 2.45) is 0 Å². The molecule has 1 N–H and O–H groups in total. The summed E-state index contributed by atoms with van der Waals surface area (Å²) in [6.07, 6.45) is 3.06. The molecule has 0 aliphatic heterocycles. The third kappa shape index (κ3) is 6.10. The lowest BCUT2D eigenvalue weighted by molar-refractivity contribution is -0.127. The van der Waals surface area contributed by atoms with Crippen molar-refractivity contribution in [3.05, 3.63) is 39.9 Å². The molecule has 5 heteroatoms. The van der Waals surface area contributed by atoms with E-state index in [1.807, 2.05) is 0 Å². The van der Waals surface area contributed by atoms with Crippen LogP contribution in [0.1, 0.15) is 19.4 Å². The number of rotatable bonds is 4. The first kappa shape index (κ1) is 16.0. The van der Waals surface area contributed by atoms with Crippen molar-refractivity contribution in [1.82, 2.24) is 4.90 Å². The number of nitrogens with zero attached hydrogens (tertiary/aromatic N) is 1. The Morgan fingerprint density at radius 2 is 1.84 bits per heavy atom. The fraction of sp³-hybridized carbons (Fsp3) is 0.357. The van der Waals surface area contributed by atoms with Gasteiger partial charge in [-0.2, -0.15) is 0 Å². The molecule has 0 fully saturated rings. The number of carbonyl (C=O) groups excluding carboxylic acids is 1. The summed E-state index contributed by atoms with van der Waals surface area (Å²) >= 11 is 11.7. The number of carbonyl (C=O) groups is 1. The molecule has 104 valence electrons. The number of hydrogen-bond acceptors (Lipinski definition) is 2. The number of aliphatic hydroxyl groups is 1. The van der Waals surface area contributed by atoms with Crippen LogP contribution in [0.5, 0.6) is 0 Å². The van der Waals surface area contributed by atoms with Crippen molar-refractivity contribution >= 4 is 35.2 Å². The van der Waals surface area contributed by atoms with E-state index in [-0.39, 0.29) is 12.5 Å². The maximum Gasteiger partial charge on any atom is 0.246 e. The minimum Gasteiger partial charge on any atom is -0.389 e. The second kappa shape index (κ2) is 6.42. The predicted molar refractivity (Wildman–Crippen MR) is 79.4 cm³/mol. The Balaban J connectivity index is 2.73. The number of likely N-dealkylation sites (N-methyl/N-ethyl adjacent to an activating group) is 1. The first-order valence-electron chi connectivity index (χ1n) is 5.79. The molecule has 3 nitrogen and oxygen atoms in total. The van der Waals surface area contributed by atoms with E-state index in [1.165, 1.54) is 11.0 Å². The van der Waals surface area contributed by atoms with Crippen molar-refractivity contribution in [3.63, 3.8) is 0 Å². The summed E-state index contributed by atoms with van der Waals surface area (Å²) in [5.74, 6) is -0.196. The van der Waals surface area contributed by atoms with E-state index >= 15 is 0 Å². The van der Waals surface area contributed by atoms with Gasteiger partial charge in [0.05, 0.1) is 5.60 Å². The van der Waals surface area contributed by atoms with Gasteiger partial charge in [-0.25, -0.2) is 0 Å². The SMILES string of the molecule is CN(CC(C)(C)O)C(=O)C=Cc1cc(Cl)cc(Cl)c1. The van der Waals surface area contributed by atoms with Crippen LogP contribution in [0.15, 0.2) is 24.3 Å². The van der Waals surface area contributed by atoms with Crippen LogP contribution >= 0.6 is 23.2 Å². The molecule has 1 amide bonds. The Hall–Kier alpha value is -1.03. The Labute approximate surface area is 123 Å². The monoisotopic (exact) mass is 301 g/mol. The number of amides is 1. The predicted octanol–water partition coefficient (Wildman–Crippen LogP) is 3.24. The summed E-state index contributed by atoms with van der Waals surface area (Å²) in [6.45, 7) is 3.56. The Kier molecular flexibility index (Phi) is 5.41. The fourth-order valence-electron chi connectivity index (χ4n) is 1.62. The Morgan fingerprint density at radius 3 is 2.32 bits per heavy atom. The fourth-order valence-corrected chi connectivity index (χ4v) is 2.17. The highest BCUT2D eigenvalue weighted by molar-refractivity contribution is 6.34. The van der Waals surface area contributed by atoms with Crippen molar-refractivity contribution in [1.29, 1.82) is 0 Å². The zero-order valence-corrected chi connectivity index (χ0v) is 12.7. The molecule has 0 unspecified atom stereocenters. The van der Waals surface area contributed by atoms with Gasteiger partial charge in [0, 0.05) is 29.7 Å². The molecule has 0 aromatic heterocycles. The van der Waals surface area contributed by atoms with Gasteiger partial charge in [0.2, 0.25) is 5.91 Å². The highest BCUT2D eigenvalue weighted by atomic mass is 35.5. The molecule has 1 rings (SSSR count). The zero-order valence-electron chi connectivity index (χ0n) is 11.2. The average molecular weight is 302 g/mol. The van der Waals surface area contributed by atoms with Gasteiger partial charge in [0.25, 0.3) is 0 Å². The van der Waals surface area contributed by atoms with Gasteiger partial charge in [-0.1, -0.05) is 23.2 Å². The van der Waals surface area contributed by atoms with E-state index in [9.17, 15) is 9.90 Å². The van der Waals surface area contributed by atoms with E-state index < -0.39 is 5.60 Å². The van der Waals surface area contributed by atoms with Gasteiger partial charge in [0.15, 0.2) is 0 Å². The van der Waals surface area contributed by atoms with Gasteiger partial charge in [-0.15, -0.1) is 0 Å². The average Bonchev–Trinajstić information content (AvgIpc) is 2.22. The molecule has 0 saturated carbocycles.